The summed E-state index contributed by atoms with van der Waals surface area (Å²) in [5.41, 5.74) is 0. The Kier molecular flexibility index (Phi) is 5.38. The van der Waals surface area contributed by atoms with Crippen LogP contribution in [0, 0.1) is 0 Å². The van der Waals surface area contributed by atoms with Crippen molar-refractivity contribution in [1.82, 2.24) is 9.47 Å². The highest BCUT2D eigenvalue weighted by atomic mass is 127. The minimum absolute atomic E-state index is 0. The van der Waals surface area contributed by atoms with Crippen molar-refractivity contribution in [1.29, 1.82) is 0 Å². The molecule has 0 aliphatic carbocycles. The van der Waals surface area contributed by atoms with Crippen LogP contribution in [0.5, 0.6) is 0 Å². The van der Waals surface area contributed by atoms with E-state index in [1.807, 2.05) is 22.7 Å². The molecule has 0 N–H and O–H groups in total. The summed E-state index contributed by atoms with van der Waals surface area (Å²) in [6.07, 6.45) is 7.65. The van der Waals surface area contributed by atoms with Gasteiger partial charge in [-0.1, -0.05) is 0 Å². The fourth-order valence-electron chi connectivity index (χ4n) is 2.03. The maximum atomic E-state index is 12.1. The summed E-state index contributed by atoms with van der Waals surface area (Å²) >= 11 is 0. The highest BCUT2D eigenvalue weighted by Gasteiger charge is 2.27. The van der Waals surface area contributed by atoms with Crippen molar-refractivity contribution in [3.8, 4) is 0 Å². The summed E-state index contributed by atoms with van der Waals surface area (Å²) in [6.45, 7) is 1.51. The first kappa shape index (κ1) is 14.4. The number of halogens is 1. The number of amides is 1. The van der Waals surface area contributed by atoms with Gasteiger partial charge in [-0.3, -0.25) is 0 Å². The van der Waals surface area contributed by atoms with Gasteiger partial charge in [0.25, 0.3) is 6.33 Å². The van der Waals surface area contributed by atoms with Gasteiger partial charge in [-0.2, -0.15) is 4.57 Å². The van der Waals surface area contributed by atoms with Gasteiger partial charge in [-0.15, -0.1) is 0 Å². The average Bonchev–Trinajstić information content (AvgIpc) is 2.75. The van der Waals surface area contributed by atoms with E-state index >= 15 is 0 Å². The lowest BCUT2D eigenvalue weighted by Crippen LogP contribution is -3.00. The molecule has 1 aromatic heterocycles. The van der Waals surface area contributed by atoms with Crippen LogP contribution in [0.2, 0.25) is 0 Å². The number of aromatic nitrogens is 2. The number of rotatable bonds is 1. The van der Waals surface area contributed by atoms with E-state index in [0.29, 0.717) is 6.54 Å². The third-order valence-electron chi connectivity index (χ3n) is 2.97. The monoisotopic (exact) mass is 351 g/mol. The number of nitrogens with zero attached hydrogens (tertiary/aromatic N) is 3. The molecule has 17 heavy (non-hydrogen) atoms. The van der Waals surface area contributed by atoms with Crippen LogP contribution in [0.1, 0.15) is 12.8 Å². The van der Waals surface area contributed by atoms with Gasteiger partial charge in [-0.25, -0.2) is 9.36 Å². The van der Waals surface area contributed by atoms with Crippen molar-refractivity contribution in [3.05, 3.63) is 18.7 Å². The quantitative estimate of drug-likeness (QED) is 0.411. The Labute approximate surface area is 118 Å². The molecule has 1 aromatic rings. The molecule has 1 atom stereocenters. The Morgan fingerprint density at radius 3 is 2.88 bits per heavy atom. The third kappa shape index (κ3) is 3.41. The summed E-state index contributed by atoms with van der Waals surface area (Å²) in [4.78, 5) is 13.9. The van der Waals surface area contributed by atoms with Crippen LogP contribution in [-0.4, -0.2) is 41.8 Å². The number of ether oxygens (including phenoxy) is 1. The lowest BCUT2D eigenvalue weighted by molar-refractivity contribution is -0.670. The minimum atomic E-state index is 0. The summed E-state index contributed by atoms with van der Waals surface area (Å²) in [6, 6.07) is 0.0300. The summed E-state index contributed by atoms with van der Waals surface area (Å²) in [5, 5.41) is 0. The lowest BCUT2D eigenvalue weighted by atomic mass is 10.1. The SMILES string of the molecule is COC1CCCN(C(=O)n2cc[n+](C)c2)C1.[I-]. The van der Waals surface area contributed by atoms with Gasteiger partial charge >= 0.3 is 6.03 Å². The third-order valence-corrected chi connectivity index (χ3v) is 2.97. The van der Waals surface area contributed by atoms with E-state index in [2.05, 4.69) is 0 Å². The van der Waals surface area contributed by atoms with E-state index in [4.69, 9.17) is 4.74 Å². The van der Waals surface area contributed by atoms with E-state index in [1.54, 1.807) is 24.2 Å². The molecule has 0 saturated carbocycles. The number of piperidine rings is 1. The van der Waals surface area contributed by atoms with Crippen LogP contribution in [0.25, 0.3) is 0 Å². The van der Waals surface area contributed by atoms with E-state index in [-0.39, 0.29) is 36.1 Å². The first-order valence-electron chi connectivity index (χ1n) is 5.56. The molecule has 2 heterocycles. The summed E-state index contributed by atoms with van der Waals surface area (Å²) in [7, 11) is 3.60. The average molecular weight is 351 g/mol. The van der Waals surface area contributed by atoms with Crippen LogP contribution in [0.15, 0.2) is 18.7 Å². The number of likely N-dealkylation sites (tertiary alicyclic amines) is 1. The van der Waals surface area contributed by atoms with Crippen molar-refractivity contribution in [2.45, 2.75) is 18.9 Å². The highest BCUT2D eigenvalue weighted by Crippen LogP contribution is 2.13. The molecule has 1 aliphatic heterocycles. The Balaban J connectivity index is 0.00000144. The zero-order valence-corrected chi connectivity index (χ0v) is 12.3. The molecule has 5 nitrogen and oxygen atoms in total. The van der Waals surface area contributed by atoms with Gasteiger partial charge in [-0.05, 0) is 12.8 Å². The predicted molar refractivity (Wildman–Crippen MR) is 58.0 cm³/mol. The van der Waals surface area contributed by atoms with E-state index in [1.165, 1.54) is 0 Å². The summed E-state index contributed by atoms with van der Waals surface area (Å²) in [5.74, 6) is 0. The number of hydrogen-bond donors (Lipinski definition) is 0. The first-order chi connectivity index (χ1) is 7.70. The molecule has 0 radical (unpaired) electrons. The molecule has 1 saturated heterocycles. The van der Waals surface area contributed by atoms with Gasteiger partial charge < -0.3 is 33.6 Å². The van der Waals surface area contributed by atoms with Gasteiger partial charge in [0.2, 0.25) is 0 Å². The molecule has 6 heteroatoms. The normalized spacial score (nSPS) is 19.9. The molecule has 1 aliphatic rings. The highest BCUT2D eigenvalue weighted by molar-refractivity contribution is 5.76. The lowest BCUT2D eigenvalue weighted by Gasteiger charge is -2.29. The number of imidazole rings is 1. The smallest absolute Gasteiger partial charge is 0.415 e. The second-order valence-corrected chi connectivity index (χ2v) is 4.21. The molecule has 0 spiro atoms. The molecule has 0 bridgehead atoms. The standard InChI is InChI=1S/C11H18N3O2.HI/c1-12-6-7-14(9-12)11(15)13-5-3-4-10(8-13)16-2;/h6-7,9-10H,3-5,8H2,1-2H3;1H/q+1;/p-1. The zero-order chi connectivity index (χ0) is 11.5. The van der Waals surface area contributed by atoms with Crippen molar-refractivity contribution < 1.29 is 38.1 Å². The van der Waals surface area contributed by atoms with Crippen LogP contribution in [0.3, 0.4) is 0 Å². The van der Waals surface area contributed by atoms with Crippen molar-refractivity contribution >= 4 is 6.03 Å². The molecule has 2 rings (SSSR count). The minimum Gasteiger partial charge on any atom is -1.00 e. The van der Waals surface area contributed by atoms with Crippen LogP contribution in [0.4, 0.5) is 4.79 Å². The number of carbonyl (C=O) groups is 1. The molecule has 1 unspecified atom stereocenters. The largest absolute Gasteiger partial charge is 1.00 e. The predicted octanol–water partition coefficient (Wildman–Crippen LogP) is -2.60. The van der Waals surface area contributed by atoms with Crippen molar-refractivity contribution in [2.75, 3.05) is 20.2 Å². The number of aryl methyl sites for hydroxylation is 1. The zero-order valence-electron chi connectivity index (χ0n) is 10.2. The number of methoxy groups -OCH3 is 1. The van der Waals surface area contributed by atoms with Crippen LogP contribution in [-0.2, 0) is 11.8 Å². The Bertz CT molecular complexity index is 381. The molecular weight excluding hydrogens is 333 g/mol. The first-order valence-corrected chi connectivity index (χ1v) is 5.56. The van der Waals surface area contributed by atoms with E-state index in [9.17, 15) is 4.79 Å². The maximum absolute atomic E-state index is 12.1. The van der Waals surface area contributed by atoms with Crippen LogP contribution < -0.4 is 28.5 Å². The fraction of sp³-hybridized carbons (Fsp3) is 0.636. The molecule has 0 aromatic carbocycles. The Morgan fingerprint density at radius 1 is 1.53 bits per heavy atom. The van der Waals surface area contributed by atoms with Gasteiger partial charge in [0.15, 0.2) is 0 Å². The molecular formula is C11H18IN3O2. The second-order valence-electron chi connectivity index (χ2n) is 4.21. The van der Waals surface area contributed by atoms with Gasteiger partial charge in [0.1, 0.15) is 12.4 Å². The number of carbonyl (C=O) groups excluding carboxylic acids is 1. The summed E-state index contributed by atoms with van der Waals surface area (Å²) < 4.78 is 8.77. The van der Waals surface area contributed by atoms with E-state index < -0.39 is 0 Å². The second kappa shape index (κ2) is 6.34. The topological polar surface area (TPSA) is 38.4 Å². The van der Waals surface area contributed by atoms with Gasteiger partial charge in [0.05, 0.1) is 19.7 Å². The molecule has 96 valence electrons. The fourth-order valence-corrected chi connectivity index (χ4v) is 2.03. The van der Waals surface area contributed by atoms with Crippen LogP contribution >= 0.6 is 0 Å². The van der Waals surface area contributed by atoms with E-state index in [0.717, 1.165) is 19.4 Å². The Morgan fingerprint density at radius 2 is 2.29 bits per heavy atom. The van der Waals surface area contributed by atoms with Crippen molar-refractivity contribution in [3.63, 3.8) is 0 Å². The Hall–Kier alpha value is -0.630. The molecule has 1 fully saturated rings. The molecule has 1 amide bonds. The van der Waals surface area contributed by atoms with Crippen molar-refractivity contribution in [2.24, 2.45) is 7.05 Å². The van der Waals surface area contributed by atoms with Gasteiger partial charge in [0, 0.05) is 13.7 Å². The maximum Gasteiger partial charge on any atom is 0.415 e. The number of hydrogen-bond acceptors (Lipinski definition) is 2.